The molecule has 9 heteroatoms. The van der Waals surface area contributed by atoms with Gasteiger partial charge in [0.25, 0.3) is 5.91 Å². The van der Waals surface area contributed by atoms with Crippen molar-refractivity contribution >= 4 is 27.5 Å². The monoisotopic (exact) mass is 466 g/mol. The van der Waals surface area contributed by atoms with Crippen LogP contribution in [0.15, 0.2) is 47.4 Å². The van der Waals surface area contributed by atoms with Crippen molar-refractivity contribution in [2.75, 3.05) is 13.2 Å². The lowest BCUT2D eigenvalue weighted by atomic mass is 10.2. The first kappa shape index (κ1) is 23.5. The van der Waals surface area contributed by atoms with E-state index in [1.807, 2.05) is 38.1 Å². The van der Waals surface area contributed by atoms with Crippen molar-refractivity contribution in [3.63, 3.8) is 0 Å². The summed E-state index contributed by atoms with van der Waals surface area (Å²) in [6, 6.07) is 11.6. The predicted octanol–water partition coefficient (Wildman–Crippen LogP) is 3.51. The topological polar surface area (TPSA) is 93.7 Å². The molecule has 1 aliphatic heterocycles. The van der Waals surface area contributed by atoms with Gasteiger partial charge in [0, 0.05) is 25.3 Å². The van der Waals surface area contributed by atoms with Crippen molar-refractivity contribution in [3.05, 3.63) is 58.6 Å². The molecule has 0 saturated carbocycles. The SMILES string of the molecule is CC(C)Oc1ccc(CNC(=O)c2ccc(Cl)c(S(=O)(=O)NCC3CCCO3)c2)cc1. The molecular formula is C22H27ClN2O5S. The fourth-order valence-corrected chi connectivity index (χ4v) is 4.77. The van der Waals surface area contributed by atoms with Crippen molar-refractivity contribution in [3.8, 4) is 5.75 Å². The molecule has 1 atom stereocenters. The van der Waals surface area contributed by atoms with Crippen LogP contribution in [0.2, 0.25) is 5.02 Å². The summed E-state index contributed by atoms with van der Waals surface area (Å²) in [7, 11) is -3.87. The molecule has 1 fully saturated rings. The summed E-state index contributed by atoms with van der Waals surface area (Å²) in [5, 5.41) is 2.85. The Morgan fingerprint density at radius 2 is 1.97 bits per heavy atom. The average molecular weight is 467 g/mol. The summed E-state index contributed by atoms with van der Waals surface area (Å²) >= 11 is 6.11. The first-order chi connectivity index (χ1) is 14.7. The van der Waals surface area contributed by atoms with E-state index in [4.69, 9.17) is 21.1 Å². The maximum absolute atomic E-state index is 12.7. The molecule has 2 aromatic rings. The molecule has 1 amide bonds. The van der Waals surface area contributed by atoms with E-state index in [0.717, 1.165) is 24.2 Å². The molecule has 0 spiro atoms. The molecule has 3 rings (SSSR count). The Hall–Kier alpha value is -2.13. The van der Waals surface area contributed by atoms with E-state index >= 15 is 0 Å². The molecule has 1 aliphatic rings. The third kappa shape index (κ3) is 6.67. The zero-order valence-corrected chi connectivity index (χ0v) is 19.1. The summed E-state index contributed by atoms with van der Waals surface area (Å²) in [6.45, 7) is 5.00. The Bertz CT molecular complexity index is 1000. The second-order valence-electron chi connectivity index (χ2n) is 7.63. The molecule has 2 N–H and O–H groups in total. The number of hydrogen-bond acceptors (Lipinski definition) is 5. The van der Waals surface area contributed by atoms with E-state index in [0.29, 0.717) is 13.2 Å². The Kier molecular flexibility index (Phi) is 7.94. The number of carbonyl (C=O) groups excluding carboxylic acids is 1. The Morgan fingerprint density at radius 1 is 1.23 bits per heavy atom. The van der Waals surface area contributed by atoms with E-state index in [-0.39, 0.29) is 34.2 Å². The molecule has 0 aromatic heterocycles. The van der Waals surface area contributed by atoms with Gasteiger partial charge in [-0.2, -0.15) is 0 Å². The van der Waals surface area contributed by atoms with Crippen LogP contribution in [0, 0.1) is 0 Å². The minimum absolute atomic E-state index is 0.0529. The van der Waals surface area contributed by atoms with E-state index < -0.39 is 15.9 Å². The van der Waals surface area contributed by atoms with Gasteiger partial charge in [-0.3, -0.25) is 4.79 Å². The molecule has 7 nitrogen and oxygen atoms in total. The van der Waals surface area contributed by atoms with E-state index in [1.54, 1.807) is 0 Å². The summed E-state index contributed by atoms with van der Waals surface area (Å²) in [6.07, 6.45) is 1.66. The molecular weight excluding hydrogens is 440 g/mol. The minimum Gasteiger partial charge on any atom is -0.491 e. The second kappa shape index (κ2) is 10.5. The lowest BCUT2D eigenvalue weighted by Crippen LogP contribution is -2.32. The van der Waals surface area contributed by atoms with Crippen LogP contribution >= 0.6 is 11.6 Å². The van der Waals surface area contributed by atoms with Crippen molar-refractivity contribution in [2.45, 2.75) is 50.3 Å². The van der Waals surface area contributed by atoms with Crippen LogP contribution in [0.5, 0.6) is 5.75 Å². The number of halogens is 1. The van der Waals surface area contributed by atoms with Gasteiger partial charge in [-0.15, -0.1) is 0 Å². The van der Waals surface area contributed by atoms with Crippen LogP contribution in [0.1, 0.15) is 42.6 Å². The molecule has 168 valence electrons. The highest BCUT2D eigenvalue weighted by molar-refractivity contribution is 7.89. The molecule has 0 bridgehead atoms. The number of rotatable bonds is 9. The maximum Gasteiger partial charge on any atom is 0.251 e. The molecule has 1 unspecified atom stereocenters. The number of benzene rings is 2. The van der Waals surface area contributed by atoms with Gasteiger partial charge in [-0.1, -0.05) is 23.7 Å². The van der Waals surface area contributed by atoms with Crippen molar-refractivity contribution in [2.24, 2.45) is 0 Å². The molecule has 2 aromatic carbocycles. The van der Waals surface area contributed by atoms with Gasteiger partial charge in [0.05, 0.1) is 17.2 Å². The van der Waals surface area contributed by atoms with Crippen molar-refractivity contribution < 1.29 is 22.7 Å². The minimum atomic E-state index is -3.87. The third-order valence-electron chi connectivity index (χ3n) is 4.76. The van der Waals surface area contributed by atoms with Crippen LogP contribution < -0.4 is 14.8 Å². The first-order valence-corrected chi connectivity index (χ1v) is 12.1. The summed E-state index contributed by atoms with van der Waals surface area (Å²) in [5.74, 6) is 0.364. The van der Waals surface area contributed by atoms with E-state index in [9.17, 15) is 13.2 Å². The molecule has 0 aliphatic carbocycles. The van der Waals surface area contributed by atoms with Crippen LogP contribution in [-0.4, -0.2) is 39.7 Å². The highest BCUT2D eigenvalue weighted by Crippen LogP contribution is 2.23. The fourth-order valence-electron chi connectivity index (χ4n) is 3.18. The first-order valence-electron chi connectivity index (χ1n) is 10.2. The smallest absolute Gasteiger partial charge is 0.251 e. The van der Waals surface area contributed by atoms with Crippen LogP contribution in [-0.2, 0) is 21.3 Å². The predicted molar refractivity (Wildman–Crippen MR) is 119 cm³/mol. The molecule has 1 heterocycles. The van der Waals surface area contributed by atoms with Gasteiger partial charge in [0.15, 0.2) is 0 Å². The summed E-state index contributed by atoms with van der Waals surface area (Å²) in [4.78, 5) is 12.4. The second-order valence-corrected chi connectivity index (χ2v) is 9.77. The lowest BCUT2D eigenvalue weighted by molar-refractivity contribution is 0.0950. The summed E-state index contributed by atoms with van der Waals surface area (Å²) in [5.41, 5.74) is 1.10. The highest BCUT2D eigenvalue weighted by atomic mass is 35.5. The average Bonchev–Trinajstić information content (AvgIpc) is 3.25. The molecule has 0 radical (unpaired) electrons. The largest absolute Gasteiger partial charge is 0.491 e. The van der Waals surface area contributed by atoms with Gasteiger partial charge < -0.3 is 14.8 Å². The molecule has 31 heavy (non-hydrogen) atoms. The zero-order chi connectivity index (χ0) is 22.4. The number of sulfonamides is 1. The van der Waals surface area contributed by atoms with Gasteiger partial charge in [-0.25, -0.2) is 13.1 Å². The Labute approximate surface area is 188 Å². The normalized spacial score (nSPS) is 16.5. The number of hydrogen-bond donors (Lipinski definition) is 2. The Morgan fingerprint density at radius 3 is 2.61 bits per heavy atom. The van der Waals surface area contributed by atoms with E-state index in [1.165, 1.54) is 18.2 Å². The lowest BCUT2D eigenvalue weighted by Gasteiger charge is -2.13. The van der Waals surface area contributed by atoms with Crippen molar-refractivity contribution in [1.29, 1.82) is 0 Å². The fraction of sp³-hybridized carbons (Fsp3) is 0.409. The van der Waals surface area contributed by atoms with Crippen LogP contribution in [0.3, 0.4) is 0 Å². The standard InChI is InChI=1S/C22H27ClN2O5S/c1-15(2)30-18-8-5-16(6-9-18)13-24-22(26)17-7-10-20(23)21(12-17)31(27,28)25-14-19-4-3-11-29-19/h5-10,12,15,19,25H,3-4,11,13-14H2,1-2H3,(H,24,26). The summed E-state index contributed by atoms with van der Waals surface area (Å²) < 4.78 is 38.9. The number of carbonyl (C=O) groups is 1. The number of amides is 1. The van der Waals surface area contributed by atoms with Crippen molar-refractivity contribution in [1.82, 2.24) is 10.0 Å². The van der Waals surface area contributed by atoms with Crippen LogP contribution in [0.25, 0.3) is 0 Å². The van der Waals surface area contributed by atoms with Crippen LogP contribution in [0.4, 0.5) is 0 Å². The number of ether oxygens (including phenoxy) is 2. The van der Waals surface area contributed by atoms with Gasteiger partial charge in [0.1, 0.15) is 10.6 Å². The third-order valence-corrected chi connectivity index (χ3v) is 6.66. The van der Waals surface area contributed by atoms with Gasteiger partial charge >= 0.3 is 0 Å². The molecule has 1 saturated heterocycles. The Balaban J connectivity index is 1.63. The number of nitrogens with one attached hydrogen (secondary N) is 2. The maximum atomic E-state index is 12.7. The van der Waals surface area contributed by atoms with E-state index in [2.05, 4.69) is 10.0 Å². The quantitative estimate of drug-likeness (QED) is 0.589. The zero-order valence-electron chi connectivity index (χ0n) is 17.6. The van der Waals surface area contributed by atoms with Gasteiger partial charge in [-0.05, 0) is 62.6 Å². The van der Waals surface area contributed by atoms with Gasteiger partial charge in [0.2, 0.25) is 10.0 Å². The highest BCUT2D eigenvalue weighted by Gasteiger charge is 2.23.